The van der Waals surface area contributed by atoms with E-state index in [1.54, 1.807) is 0 Å². The quantitative estimate of drug-likeness (QED) is 0.214. The summed E-state index contributed by atoms with van der Waals surface area (Å²) in [4.78, 5) is 10.4. The third kappa shape index (κ3) is 4.18. The van der Waals surface area contributed by atoms with Crippen LogP contribution in [0.1, 0.15) is 22.9 Å². The van der Waals surface area contributed by atoms with Crippen molar-refractivity contribution in [3.05, 3.63) is 168 Å². The van der Waals surface area contributed by atoms with Gasteiger partial charge in [-0.25, -0.2) is 9.98 Å². The molecule has 5 heteroatoms. The van der Waals surface area contributed by atoms with E-state index in [4.69, 9.17) is 18.8 Å². The van der Waals surface area contributed by atoms with E-state index in [9.17, 15) is 0 Å². The van der Waals surface area contributed by atoms with Gasteiger partial charge in [0.15, 0.2) is 6.17 Å². The Labute approximate surface area is 275 Å². The average Bonchev–Trinajstić information content (AvgIpc) is 3.73. The molecule has 0 spiro atoms. The van der Waals surface area contributed by atoms with Gasteiger partial charge in [-0.05, 0) is 46.2 Å². The first kappa shape index (κ1) is 26.7. The maximum Gasteiger partial charge on any atom is 0.169 e. The maximum absolute atomic E-state index is 6.25. The van der Waals surface area contributed by atoms with Crippen molar-refractivity contribution in [2.75, 3.05) is 0 Å². The summed E-state index contributed by atoms with van der Waals surface area (Å²) in [6.07, 6.45) is -0.460. The molecule has 7 aromatic carbocycles. The van der Waals surface area contributed by atoms with Gasteiger partial charge in [-0.15, -0.1) is 0 Å². The topological polar surface area (TPSA) is 63.0 Å². The monoisotopic (exact) mass is 617 g/mol. The van der Waals surface area contributed by atoms with Crippen LogP contribution in [0.15, 0.2) is 170 Å². The number of nitrogens with zero attached hydrogens (tertiary/aromatic N) is 2. The lowest BCUT2D eigenvalue weighted by Gasteiger charge is -2.23. The van der Waals surface area contributed by atoms with Gasteiger partial charge in [0.2, 0.25) is 0 Å². The van der Waals surface area contributed by atoms with Gasteiger partial charge in [-0.3, -0.25) is 0 Å². The molecule has 0 saturated carbocycles. The van der Waals surface area contributed by atoms with E-state index in [1.165, 1.54) is 0 Å². The number of fused-ring (bicyclic) bond motifs is 7. The van der Waals surface area contributed by atoms with Gasteiger partial charge in [0.25, 0.3) is 0 Å². The molecular weight excluding hydrogens is 590 g/mol. The van der Waals surface area contributed by atoms with Crippen molar-refractivity contribution in [1.82, 2.24) is 5.32 Å². The Morgan fingerprint density at radius 3 is 1.85 bits per heavy atom. The van der Waals surface area contributed by atoms with E-state index in [0.29, 0.717) is 0 Å². The van der Waals surface area contributed by atoms with Crippen molar-refractivity contribution < 1.29 is 8.83 Å². The number of aliphatic imine (C=N–C) groups is 2. The van der Waals surface area contributed by atoms with Gasteiger partial charge in [0.1, 0.15) is 34.0 Å². The van der Waals surface area contributed by atoms with Gasteiger partial charge in [-0.2, -0.15) is 0 Å². The maximum atomic E-state index is 6.25. The Morgan fingerprint density at radius 1 is 0.417 bits per heavy atom. The zero-order valence-corrected chi connectivity index (χ0v) is 25.7. The lowest BCUT2D eigenvalue weighted by Crippen LogP contribution is -2.36. The number of amidine groups is 2. The summed E-state index contributed by atoms with van der Waals surface area (Å²) in [7, 11) is 0. The first-order valence-corrected chi connectivity index (χ1v) is 16.1. The molecule has 226 valence electrons. The molecule has 1 aliphatic rings. The molecule has 0 bridgehead atoms. The van der Waals surface area contributed by atoms with Crippen LogP contribution >= 0.6 is 0 Å². The molecule has 10 rings (SSSR count). The van der Waals surface area contributed by atoms with Crippen molar-refractivity contribution >= 4 is 66.3 Å². The third-order valence-corrected chi connectivity index (χ3v) is 9.36. The van der Waals surface area contributed by atoms with Gasteiger partial charge in [0.05, 0.1) is 0 Å². The lowest BCUT2D eigenvalue weighted by atomic mass is 9.92. The SMILES string of the molecule is c1ccc(C2=NC(c3ccc4c(c3)oc3ccccc34)N=C(c3cccc4c(-c5cccc6oc7ccccc7c56)cccc34)N2)cc1. The van der Waals surface area contributed by atoms with Gasteiger partial charge in [-0.1, -0.05) is 127 Å². The van der Waals surface area contributed by atoms with Crippen LogP contribution in [0, 0.1) is 0 Å². The van der Waals surface area contributed by atoms with E-state index < -0.39 is 6.17 Å². The molecule has 48 heavy (non-hydrogen) atoms. The fourth-order valence-corrected chi connectivity index (χ4v) is 7.13. The number of furan rings is 2. The first-order chi connectivity index (χ1) is 23.8. The molecule has 0 aliphatic carbocycles. The summed E-state index contributed by atoms with van der Waals surface area (Å²) in [5.41, 5.74) is 8.74. The summed E-state index contributed by atoms with van der Waals surface area (Å²) in [6, 6.07) is 52.2. The van der Waals surface area contributed by atoms with E-state index in [1.807, 2.05) is 54.6 Å². The summed E-state index contributed by atoms with van der Waals surface area (Å²) >= 11 is 0. The van der Waals surface area contributed by atoms with Gasteiger partial charge >= 0.3 is 0 Å². The van der Waals surface area contributed by atoms with E-state index in [0.717, 1.165) is 94.1 Å². The second kappa shape index (κ2) is 10.5. The van der Waals surface area contributed by atoms with Crippen LogP contribution in [-0.4, -0.2) is 11.7 Å². The zero-order chi connectivity index (χ0) is 31.6. The van der Waals surface area contributed by atoms with Crippen molar-refractivity contribution in [2.45, 2.75) is 6.17 Å². The molecule has 3 heterocycles. The molecule has 2 aromatic heterocycles. The Bertz CT molecular complexity index is 2770. The molecule has 9 aromatic rings. The van der Waals surface area contributed by atoms with Gasteiger partial charge in [0, 0.05) is 38.2 Å². The molecule has 1 atom stereocenters. The Balaban J connectivity index is 1.15. The first-order valence-electron chi connectivity index (χ1n) is 16.1. The molecule has 1 unspecified atom stereocenters. The standard InChI is InChI=1S/C43H27N3O2/c1-2-11-26(12-3-1)41-44-42(27-23-24-32-31-13-4-6-20-36(31)48-39(32)25-27)46-43(45-41)34-19-9-15-28-29(16-8-17-30(28)34)33-18-10-22-38-40(33)35-14-5-7-21-37(35)47-38/h1-25,42H,(H,44,45,46). The number of para-hydroxylation sites is 2. The van der Waals surface area contributed by atoms with Crippen molar-refractivity contribution in [1.29, 1.82) is 0 Å². The summed E-state index contributed by atoms with van der Waals surface area (Å²) in [6.45, 7) is 0. The van der Waals surface area contributed by atoms with Gasteiger partial charge < -0.3 is 14.2 Å². The molecule has 5 nitrogen and oxygen atoms in total. The molecule has 1 N–H and O–H groups in total. The fraction of sp³-hybridized carbons (Fsp3) is 0.0233. The van der Waals surface area contributed by atoms with Crippen molar-refractivity contribution in [2.24, 2.45) is 9.98 Å². The normalized spacial score (nSPS) is 14.9. The molecular formula is C43H27N3O2. The number of nitrogens with one attached hydrogen (secondary N) is 1. The molecule has 0 amide bonds. The minimum absolute atomic E-state index is 0.460. The molecule has 0 fully saturated rings. The number of benzene rings is 7. The predicted molar refractivity (Wildman–Crippen MR) is 196 cm³/mol. The molecule has 0 saturated heterocycles. The zero-order valence-electron chi connectivity index (χ0n) is 25.7. The Morgan fingerprint density at radius 2 is 1.00 bits per heavy atom. The predicted octanol–water partition coefficient (Wildman–Crippen LogP) is 10.8. The minimum Gasteiger partial charge on any atom is -0.456 e. The van der Waals surface area contributed by atoms with Crippen LogP contribution < -0.4 is 5.32 Å². The van der Waals surface area contributed by atoms with E-state index in [2.05, 4.69) is 102 Å². The Kier molecular flexibility index (Phi) is 5.87. The van der Waals surface area contributed by atoms with Crippen LogP contribution in [0.4, 0.5) is 0 Å². The van der Waals surface area contributed by atoms with Crippen LogP contribution in [0.3, 0.4) is 0 Å². The van der Waals surface area contributed by atoms with Crippen LogP contribution in [0.2, 0.25) is 0 Å². The number of hydrogen-bond acceptors (Lipinski definition) is 5. The summed E-state index contributed by atoms with van der Waals surface area (Å²) in [5.74, 6) is 1.55. The smallest absolute Gasteiger partial charge is 0.169 e. The van der Waals surface area contributed by atoms with Crippen molar-refractivity contribution in [3.8, 4) is 11.1 Å². The highest BCUT2D eigenvalue weighted by Gasteiger charge is 2.23. The highest BCUT2D eigenvalue weighted by Crippen LogP contribution is 2.40. The number of hydrogen-bond donors (Lipinski definition) is 1. The van der Waals surface area contributed by atoms with Crippen LogP contribution in [0.25, 0.3) is 65.8 Å². The highest BCUT2D eigenvalue weighted by molar-refractivity contribution is 6.22. The second-order valence-corrected chi connectivity index (χ2v) is 12.2. The Hall–Kier alpha value is -6.46. The molecule has 1 aliphatic heterocycles. The van der Waals surface area contributed by atoms with E-state index in [-0.39, 0.29) is 0 Å². The van der Waals surface area contributed by atoms with Crippen molar-refractivity contribution in [3.63, 3.8) is 0 Å². The third-order valence-electron chi connectivity index (χ3n) is 9.36. The average molecular weight is 618 g/mol. The minimum atomic E-state index is -0.460. The summed E-state index contributed by atoms with van der Waals surface area (Å²) in [5, 5.41) is 10.3. The van der Waals surface area contributed by atoms with Crippen LogP contribution in [-0.2, 0) is 0 Å². The fourth-order valence-electron chi connectivity index (χ4n) is 7.13. The number of rotatable bonds is 4. The van der Waals surface area contributed by atoms with Crippen LogP contribution in [0.5, 0.6) is 0 Å². The summed E-state index contributed by atoms with van der Waals surface area (Å²) < 4.78 is 12.5. The van der Waals surface area contributed by atoms with E-state index >= 15 is 0 Å². The molecule has 0 radical (unpaired) electrons. The highest BCUT2D eigenvalue weighted by atomic mass is 16.3. The second-order valence-electron chi connectivity index (χ2n) is 12.2. The lowest BCUT2D eigenvalue weighted by molar-refractivity contribution is 0.665. The largest absolute Gasteiger partial charge is 0.456 e.